The van der Waals surface area contributed by atoms with Crippen LogP contribution >= 0.6 is 11.6 Å². The van der Waals surface area contributed by atoms with Gasteiger partial charge in [-0.15, -0.1) is 0 Å². The molecule has 0 bridgehead atoms. The molecule has 1 amide bonds. The summed E-state index contributed by atoms with van der Waals surface area (Å²) in [6.45, 7) is 1.90. The Kier molecular flexibility index (Phi) is 9.01. The Labute approximate surface area is 211 Å². The minimum absolute atomic E-state index is 0.0911. The zero-order chi connectivity index (χ0) is 25.4. The Bertz CT molecular complexity index is 1250. The Morgan fingerprint density at radius 2 is 1.60 bits per heavy atom. The topological polar surface area (TPSA) is 84.9 Å². The van der Waals surface area contributed by atoms with Gasteiger partial charge in [0.25, 0.3) is 10.0 Å². The van der Waals surface area contributed by atoms with Gasteiger partial charge in [-0.05, 0) is 61.7 Å². The number of hydrogen-bond acceptors (Lipinski definition) is 5. The van der Waals surface area contributed by atoms with E-state index in [4.69, 9.17) is 21.1 Å². The van der Waals surface area contributed by atoms with Crippen molar-refractivity contribution >= 4 is 33.2 Å². The molecule has 0 aliphatic rings. The van der Waals surface area contributed by atoms with Crippen LogP contribution in [0, 0.1) is 6.92 Å². The van der Waals surface area contributed by atoms with E-state index < -0.39 is 15.9 Å². The van der Waals surface area contributed by atoms with Gasteiger partial charge >= 0.3 is 0 Å². The van der Waals surface area contributed by atoms with Gasteiger partial charge < -0.3 is 14.8 Å². The number of methoxy groups -OCH3 is 2. The standard InChI is InChI=1S/C26H29ClN2O5S/c1-19-6-13-23(14-7-19)35(31,32)29(22-12-15-24(33-2)25(17-22)34-3)18-26(30)28-16-4-5-20-8-10-21(27)11-9-20/h6-15,17H,4-5,16,18H2,1-3H3,(H,28,30). The molecule has 35 heavy (non-hydrogen) atoms. The third-order valence-corrected chi connectivity index (χ3v) is 7.47. The molecule has 0 radical (unpaired) electrons. The van der Waals surface area contributed by atoms with E-state index in [1.807, 2.05) is 31.2 Å². The zero-order valence-corrected chi connectivity index (χ0v) is 21.5. The molecular formula is C26H29ClN2O5S. The number of anilines is 1. The summed E-state index contributed by atoms with van der Waals surface area (Å²) >= 11 is 5.91. The van der Waals surface area contributed by atoms with Crippen molar-refractivity contribution in [3.63, 3.8) is 0 Å². The van der Waals surface area contributed by atoms with E-state index in [1.165, 1.54) is 26.4 Å². The second kappa shape index (κ2) is 12.0. The Balaban J connectivity index is 1.78. The van der Waals surface area contributed by atoms with Gasteiger partial charge in [-0.3, -0.25) is 9.10 Å². The Morgan fingerprint density at radius 1 is 0.943 bits per heavy atom. The van der Waals surface area contributed by atoms with Crippen LogP contribution in [0.15, 0.2) is 71.6 Å². The number of ether oxygens (including phenoxy) is 2. The van der Waals surface area contributed by atoms with Crippen molar-refractivity contribution in [2.24, 2.45) is 0 Å². The fourth-order valence-electron chi connectivity index (χ4n) is 3.49. The summed E-state index contributed by atoms with van der Waals surface area (Å²) in [6, 6.07) is 18.8. The molecule has 3 aromatic carbocycles. The largest absolute Gasteiger partial charge is 0.493 e. The van der Waals surface area contributed by atoms with Gasteiger partial charge in [0.1, 0.15) is 6.54 Å². The average molecular weight is 517 g/mol. The van der Waals surface area contributed by atoms with E-state index in [9.17, 15) is 13.2 Å². The third kappa shape index (κ3) is 6.90. The van der Waals surface area contributed by atoms with E-state index in [2.05, 4.69) is 5.32 Å². The highest BCUT2D eigenvalue weighted by molar-refractivity contribution is 7.92. The highest BCUT2D eigenvalue weighted by Gasteiger charge is 2.28. The van der Waals surface area contributed by atoms with Crippen LogP contribution in [0.3, 0.4) is 0 Å². The van der Waals surface area contributed by atoms with Gasteiger partial charge in [0.05, 0.1) is 24.8 Å². The van der Waals surface area contributed by atoms with Crippen molar-refractivity contribution in [2.45, 2.75) is 24.7 Å². The normalized spacial score (nSPS) is 11.1. The highest BCUT2D eigenvalue weighted by Crippen LogP contribution is 2.33. The lowest BCUT2D eigenvalue weighted by Gasteiger charge is -2.25. The molecule has 3 aromatic rings. The molecule has 0 aliphatic carbocycles. The number of hydrogen-bond donors (Lipinski definition) is 1. The first-order valence-corrected chi connectivity index (χ1v) is 12.9. The number of sulfonamides is 1. The lowest BCUT2D eigenvalue weighted by molar-refractivity contribution is -0.119. The van der Waals surface area contributed by atoms with Crippen molar-refractivity contribution in [2.75, 3.05) is 31.6 Å². The molecule has 0 atom stereocenters. The number of benzene rings is 3. The zero-order valence-electron chi connectivity index (χ0n) is 20.0. The second-order valence-corrected chi connectivity index (χ2v) is 10.2. The highest BCUT2D eigenvalue weighted by atomic mass is 35.5. The molecule has 3 rings (SSSR count). The molecule has 0 unspecified atom stereocenters. The lowest BCUT2D eigenvalue weighted by Crippen LogP contribution is -2.41. The van der Waals surface area contributed by atoms with Crippen molar-refractivity contribution in [1.82, 2.24) is 5.32 Å². The van der Waals surface area contributed by atoms with Crippen LogP contribution in [-0.2, 0) is 21.2 Å². The van der Waals surface area contributed by atoms with Crippen molar-refractivity contribution in [1.29, 1.82) is 0 Å². The van der Waals surface area contributed by atoms with E-state index >= 15 is 0 Å². The second-order valence-electron chi connectivity index (χ2n) is 7.94. The summed E-state index contributed by atoms with van der Waals surface area (Å²) in [6.07, 6.45) is 1.47. The van der Waals surface area contributed by atoms with Gasteiger partial charge in [0.15, 0.2) is 11.5 Å². The number of nitrogens with one attached hydrogen (secondary N) is 1. The molecule has 186 valence electrons. The van der Waals surface area contributed by atoms with Crippen LogP contribution in [0.4, 0.5) is 5.69 Å². The number of rotatable bonds is 11. The SMILES string of the molecule is COc1ccc(N(CC(=O)NCCCc2ccc(Cl)cc2)S(=O)(=O)c2ccc(C)cc2)cc1OC. The van der Waals surface area contributed by atoms with Gasteiger partial charge in [-0.25, -0.2) is 8.42 Å². The molecule has 1 N–H and O–H groups in total. The smallest absolute Gasteiger partial charge is 0.264 e. The first kappa shape index (κ1) is 26.4. The number of carbonyl (C=O) groups excluding carboxylic acids is 1. The summed E-state index contributed by atoms with van der Waals surface area (Å²) in [7, 11) is -1.06. The van der Waals surface area contributed by atoms with Gasteiger partial charge in [0, 0.05) is 17.6 Å². The molecule has 0 saturated carbocycles. The quantitative estimate of drug-likeness (QED) is 0.376. The van der Waals surface area contributed by atoms with Crippen LogP contribution in [-0.4, -0.2) is 41.6 Å². The lowest BCUT2D eigenvalue weighted by atomic mass is 10.1. The summed E-state index contributed by atoms with van der Waals surface area (Å²) in [5, 5.41) is 3.49. The summed E-state index contributed by atoms with van der Waals surface area (Å²) < 4.78 is 38.8. The maximum atomic E-state index is 13.5. The van der Waals surface area contributed by atoms with Crippen LogP contribution in [0.2, 0.25) is 5.02 Å². The Hall–Kier alpha value is -3.23. The molecule has 0 spiro atoms. The van der Waals surface area contributed by atoms with Crippen molar-refractivity contribution in [3.05, 3.63) is 82.9 Å². The van der Waals surface area contributed by atoms with Crippen LogP contribution < -0.4 is 19.1 Å². The fraction of sp³-hybridized carbons (Fsp3) is 0.269. The maximum absolute atomic E-state index is 13.5. The summed E-state index contributed by atoms with van der Waals surface area (Å²) in [5.41, 5.74) is 2.33. The van der Waals surface area contributed by atoms with Gasteiger partial charge in [-0.1, -0.05) is 41.4 Å². The first-order chi connectivity index (χ1) is 16.7. The summed E-state index contributed by atoms with van der Waals surface area (Å²) in [5.74, 6) is 0.402. The molecule has 0 aliphatic heterocycles. The molecule has 0 fully saturated rings. The fourth-order valence-corrected chi connectivity index (χ4v) is 5.03. The molecular weight excluding hydrogens is 488 g/mol. The first-order valence-electron chi connectivity index (χ1n) is 11.1. The molecule has 9 heteroatoms. The predicted octanol–water partition coefficient (Wildman–Crippen LogP) is 4.61. The molecule has 7 nitrogen and oxygen atoms in total. The molecule has 0 saturated heterocycles. The van der Waals surface area contributed by atoms with Crippen LogP contribution in [0.1, 0.15) is 17.5 Å². The number of amides is 1. The van der Waals surface area contributed by atoms with E-state index in [-0.39, 0.29) is 11.4 Å². The van der Waals surface area contributed by atoms with Crippen LogP contribution in [0.5, 0.6) is 11.5 Å². The number of carbonyl (C=O) groups is 1. The van der Waals surface area contributed by atoms with E-state index in [1.54, 1.807) is 30.3 Å². The molecule has 0 heterocycles. The number of nitrogens with zero attached hydrogens (tertiary/aromatic N) is 1. The maximum Gasteiger partial charge on any atom is 0.264 e. The minimum atomic E-state index is -4.02. The number of aryl methyl sites for hydroxylation is 2. The number of halogens is 1. The van der Waals surface area contributed by atoms with Crippen molar-refractivity contribution in [3.8, 4) is 11.5 Å². The van der Waals surface area contributed by atoms with Crippen LogP contribution in [0.25, 0.3) is 0 Å². The average Bonchev–Trinajstić information content (AvgIpc) is 2.86. The predicted molar refractivity (Wildman–Crippen MR) is 138 cm³/mol. The van der Waals surface area contributed by atoms with E-state index in [0.29, 0.717) is 35.2 Å². The summed E-state index contributed by atoms with van der Waals surface area (Å²) in [4.78, 5) is 12.9. The monoisotopic (exact) mass is 516 g/mol. The van der Waals surface area contributed by atoms with Gasteiger partial charge in [0.2, 0.25) is 5.91 Å². The van der Waals surface area contributed by atoms with Gasteiger partial charge in [-0.2, -0.15) is 0 Å². The Morgan fingerprint density at radius 3 is 2.23 bits per heavy atom. The van der Waals surface area contributed by atoms with Crippen molar-refractivity contribution < 1.29 is 22.7 Å². The molecule has 0 aromatic heterocycles. The van der Waals surface area contributed by atoms with E-state index in [0.717, 1.165) is 21.9 Å². The third-order valence-electron chi connectivity index (χ3n) is 5.43. The minimum Gasteiger partial charge on any atom is -0.493 e.